The van der Waals surface area contributed by atoms with Crippen LogP contribution in [0, 0.1) is 0 Å². The third-order valence-corrected chi connectivity index (χ3v) is 8.47. The number of rotatable bonds is 11. The standard InChI is InChI=1S/C26H27Cl3N2O6S/c1-30(14-18-12-23(35-2)26(37-4)24(13-18)36-3)25(32)16-31(15-17-5-10-21(28)22(29)11-17)38(33,34)20-8-6-19(27)7-9-20/h5-13H,14-16H2,1-4H3. The maximum atomic E-state index is 13.6. The Balaban J connectivity index is 1.89. The predicted molar refractivity (Wildman–Crippen MR) is 148 cm³/mol. The lowest BCUT2D eigenvalue weighted by Crippen LogP contribution is -2.40. The Morgan fingerprint density at radius 2 is 1.39 bits per heavy atom. The number of likely N-dealkylation sites (N-methyl/N-ethyl adjacent to an activating group) is 1. The Morgan fingerprint density at radius 1 is 0.789 bits per heavy atom. The molecule has 0 aliphatic carbocycles. The summed E-state index contributed by atoms with van der Waals surface area (Å²) in [6, 6.07) is 14.0. The van der Waals surface area contributed by atoms with E-state index in [1.165, 1.54) is 50.5 Å². The molecule has 0 heterocycles. The molecule has 38 heavy (non-hydrogen) atoms. The first-order chi connectivity index (χ1) is 18.0. The Bertz CT molecular complexity index is 1380. The smallest absolute Gasteiger partial charge is 0.243 e. The first-order valence-corrected chi connectivity index (χ1v) is 13.8. The molecule has 0 aliphatic heterocycles. The number of benzene rings is 3. The molecule has 0 fully saturated rings. The molecule has 0 saturated carbocycles. The maximum absolute atomic E-state index is 13.6. The van der Waals surface area contributed by atoms with Crippen molar-refractivity contribution in [2.75, 3.05) is 34.9 Å². The lowest BCUT2D eigenvalue weighted by Gasteiger charge is -2.25. The zero-order valence-electron chi connectivity index (χ0n) is 21.2. The van der Waals surface area contributed by atoms with E-state index in [0.717, 1.165) is 4.31 Å². The van der Waals surface area contributed by atoms with Crippen molar-refractivity contribution in [3.05, 3.63) is 80.8 Å². The normalized spacial score (nSPS) is 11.4. The van der Waals surface area contributed by atoms with Crippen LogP contribution in [0.5, 0.6) is 17.2 Å². The van der Waals surface area contributed by atoms with Crippen LogP contribution < -0.4 is 14.2 Å². The lowest BCUT2D eigenvalue weighted by molar-refractivity contribution is -0.130. The van der Waals surface area contributed by atoms with E-state index in [9.17, 15) is 13.2 Å². The Morgan fingerprint density at radius 3 is 1.92 bits per heavy atom. The number of amides is 1. The molecule has 0 aromatic heterocycles. The number of carbonyl (C=O) groups is 1. The quantitative estimate of drug-likeness (QED) is 0.288. The van der Waals surface area contributed by atoms with Gasteiger partial charge in [0.15, 0.2) is 11.5 Å². The fraction of sp³-hybridized carbons (Fsp3) is 0.269. The van der Waals surface area contributed by atoms with E-state index in [0.29, 0.717) is 38.4 Å². The second kappa shape index (κ2) is 12.9. The Labute approximate surface area is 237 Å². The molecule has 3 rings (SSSR count). The van der Waals surface area contributed by atoms with Gasteiger partial charge >= 0.3 is 0 Å². The summed E-state index contributed by atoms with van der Waals surface area (Å²) in [6.07, 6.45) is 0. The van der Waals surface area contributed by atoms with Crippen LogP contribution in [-0.4, -0.2) is 58.5 Å². The number of sulfonamides is 1. The van der Waals surface area contributed by atoms with Gasteiger partial charge < -0.3 is 19.1 Å². The fourth-order valence-electron chi connectivity index (χ4n) is 3.68. The van der Waals surface area contributed by atoms with Crippen LogP contribution in [0.4, 0.5) is 0 Å². The summed E-state index contributed by atoms with van der Waals surface area (Å²) < 4.78 is 44.3. The number of hydrogen-bond acceptors (Lipinski definition) is 6. The molecule has 0 atom stereocenters. The van der Waals surface area contributed by atoms with Crippen LogP contribution >= 0.6 is 34.8 Å². The average Bonchev–Trinajstić information content (AvgIpc) is 2.89. The first kappa shape index (κ1) is 29.9. The summed E-state index contributed by atoms with van der Waals surface area (Å²) in [6.45, 7) is -0.366. The number of nitrogens with zero attached hydrogens (tertiary/aromatic N) is 2. The molecule has 3 aromatic carbocycles. The van der Waals surface area contributed by atoms with Gasteiger partial charge in [-0.15, -0.1) is 0 Å². The molecule has 3 aromatic rings. The fourth-order valence-corrected chi connectivity index (χ4v) is 5.51. The molecule has 0 bridgehead atoms. The molecule has 0 radical (unpaired) electrons. The number of carbonyl (C=O) groups excluding carboxylic acids is 1. The van der Waals surface area contributed by atoms with E-state index in [2.05, 4.69) is 0 Å². The van der Waals surface area contributed by atoms with Crippen molar-refractivity contribution in [3.63, 3.8) is 0 Å². The van der Waals surface area contributed by atoms with Crippen LogP contribution in [-0.2, 0) is 27.9 Å². The molecule has 0 saturated heterocycles. The monoisotopic (exact) mass is 600 g/mol. The van der Waals surface area contributed by atoms with E-state index < -0.39 is 22.5 Å². The molecule has 204 valence electrons. The predicted octanol–water partition coefficient (Wildman–Crippen LogP) is 5.52. The number of halogens is 3. The number of methoxy groups -OCH3 is 3. The van der Waals surface area contributed by atoms with E-state index >= 15 is 0 Å². The molecule has 0 N–H and O–H groups in total. The minimum atomic E-state index is -4.08. The van der Waals surface area contributed by atoms with Crippen molar-refractivity contribution >= 4 is 50.7 Å². The highest BCUT2D eigenvalue weighted by Gasteiger charge is 2.28. The van der Waals surface area contributed by atoms with Crippen LogP contribution in [0.15, 0.2) is 59.5 Å². The molecule has 0 aliphatic rings. The second-order valence-corrected chi connectivity index (χ2v) is 11.4. The van der Waals surface area contributed by atoms with Gasteiger partial charge in [0, 0.05) is 25.2 Å². The Kier molecular flexibility index (Phi) is 10.1. The van der Waals surface area contributed by atoms with Crippen LogP contribution in [0.1, 0.15) is 11.1 Å². The van der Waals surface area contributed by atoms with Gasteiger partial charge in [0.1, 0.15) is 0 Å². The summed E-state index contributed by atoms with van der Waals surface area (Å²) in [7, 11) is 2.00. The van der Waals surface area contributed by atoms with Crippen molar-refractivity contribution in [1.29, 1.82) is 0 Å². The lowest BCUT2D eigenvalue weighted by atomic mass is 10.1. The van der Waals surface area contributed by atoms with E-state index in [4.69, 9.17) is 49.0 Å². The van der Waals surface area contributed by atoms with Crippen molar-refractivity contribution in [1.82, 2.24) is 9.21 Å². The van der Waals surface area contributed by atoms with Gasteiger partial charge in [-0.25, -0.2) is 8.42 Å². The molecule has 12 heteroatoms. The van der Waals surface area contributed by atoms with E-state index in [-0.39, 0.29) is 23.0 Å². The highest BCUT2D eigenvalue weighted by atomic mass is 35.5. The number of ether oxygens (including phenoxy) is 3. The van der Waals surface area contributed by atoms with Gasteiger partial charge in [-0.3, -0.25) is 4.79 Å². The summed E-state index contributed by atoms with van der Waals surface area (Å²) in [5.74, 6) is 0.870. The van der Waals surface area contributed by atoms with Gasteiger partial charge in [0.25, 0.3) is 0 Å². The average molecular weight is 602 g/mol. The molecule has 0 spiro atoms. The zero-order chi connectivity index (χ0) is 28.0. The summed E-state index contributed by atoms with van der Waals surface area (Å²) in [5, 5.41) is 1.00. The molecular weight excluding hydrogens is 575 g/mol. The second-order valence-electron chi connectivity index (χ2n) is 8.26. The molecule has 8 nitrogen and oxygen atoms in total. The van der Waals surface area contributed by atoms with E-state index in [1.54, 1.807) is 37.4 Å². The third kappa shape index (κ3) is 7.03. The summed E-state index contributed by atoms with van der Waals surface area (Å²) in [4.78, 5) is 14.7. The highest BCUT2D eigenvalue weighted by molar-refractivity contribution is 7.89. The van der Waals surface area contributed by atoms with Gasteiger partial charge in [-0.2, -0.15) is 4.31 Å². The first-order valence-electron chi connectivity index (χ1n) is 11.2. The molecule has 0 unspecified atom stereocenters. The van der Waals surface area contributed by atoms with Crippen molar-refractivity contribution < 1.29 is 27.4 Å². The van der Waals surface area contributed by atoms with Crippen molar-refractivity contribution in [2.24, 2.45) is 0 Å². The zero-order valence-corrected chi connectivity index (χ0v) is 24.3. The third-order valence-electron chi connectivity index (χ3n) is 5.68. The van der Waals surface area contributed by atoms with Crippen LogP contribution in [0.2, 0.25) is 15.1 Å². The highest BCUT2D eigenvalue weighted by Crippen LogP contribution is 2.38. The van der Waals surface area contributed by atoms with Crippen LogP contribution in [0.25, 0.3) is 0 Å². The van der Waals surface area contributed by atoms with Crippen molar-refractivity contribution in [3.8, 4) is 17.2 Å². The van der Waals surface area contributed by atoms with Crippen molar-refractivity contribution in [2.45, 2.75) is 18.0 Å². The van der Waals surface area contributed by atoms with Gasteiger partial charge in [-0.1, -0.05) is 40.9 Å². The summed E-state index contributed by atoms with van der Waals surface area (Å²) >= 11 is 18.1. The largest absolute Gasteiger partial charge is 0.493 e. The SMILES string of the molecule is COc1cc(CN(C)C(=O)CN(Cc2ccc(Cl)c(Cl)c2)S(=O)(=O)c2ccc(Cl)cc2)cc(OC)c1OC. The summed E-state index contributed by atoms with van der Waals surface area (Å²) in [5.41, 5.74) is 1.27. The molecular formula is C26H27Cl3N2O6S. The Hall–Kier alpha value is -2.69. The minimum Gasteiger partial charge on any atom is -0.493 e. The van der Waals surface area contributed by atoms with Crippen LogP contribution in [0.3, 0.4) is 0 Å². The van der Waals surface area contributed by atoms with Gasteiger partial charge in [0.05, 0.1) is 42.8 Å². The molecule has 1 amide bonds. The number of hydrogen-bond donors (Lipinski definition) is 0. The maximum Gasteiger partial charge on any atom is 0.243 e. The van der Waals surface area contributed by atoms with Gasteiger partial charge in [0.2, 0.25) is 21.7 Å². The van der Waals surface area contributed by atoms with E-state index in [1.807, 2.05) is 0 Å². The minimum absolute atomic E-state index is 0.00189. The topological polar surface area (TPSA) is 85.4 Å². The van der Waals surface area contributed by atoms with Gasteiger partial charge in [-0.05, 0) is 59.7 Å².